The topological polar surface area (TPSA) is 94.4 Å². The summed E-state index contributed by atoms with van der Waals surface area (Å²) in [4.78, 5) is 3.48. The molecule has 0 atom stereocenters. The van der Waals surface area contributed by atoms with E-state index in [1.165, 1.54) is 0 Å². The van der Waals surface area contributed by atoms with E-state index in [1.54, 1.807) is 0 Å². The van der Waals surface area contributed by atoms with E-state index in [-0.39, 0.29) is 17.7 Å². The van der Waals surface area contributed by atoms with Gasteiger partial charge in [0.25, 0.3) is 0 Å². The number of aromatic nitrogens is 1. The zero-order chi connectivity index (χ0) is 12.3. The second-order valence-electron chi connectivity index (χ2n) is 2.89. The molecule has 0 aliphatic rings. The minimum Gasteiger partial charge on any atom is -0.401 e. The average Bonchev–Trinajstić information content (AvgIpc) is 2.19. The molecule has 1 heterocycles. The largest absolute Gasteiger partial charge is 0.573 e. The number of nitrogens with zero attached hydrogens (tertiary/aromatic N) is 1. The van der Waals surface area contributed by atoms with Crippen molar-refractivity contribution in [3.63, 3.8) is 0 Å². The summed E-state index contributed by atoms with van der Waals surface area (Å²) in [7, 11) is 0. The van der Waals surface area contributed by atoms with E-state index < -0.39 is 24.5 Å². The minimum absolute atomic E-state index is 0.00711. The summed E-state index contributed by atoms with van der Waals surface area (Å²) < 4.78 is 39.9. The highest BCUT2D eigenvalue weighted by atomic mass is 19.4. The van der Waals surface area contributed by atoms with Crippen molar-refractivity contribution in [2.24, 2.45) is 5.73 Å². The van der Waals surface area contributed by atoms with Crippen LogP contribution in [0.4, 0.5) is 19.0 Å². The van der Waals surface area contributed by atoms with Crippen LogP contribution in [0.3, 0.4) is 0 Å². The van der Waals surface area contributed by atoms with Crippen LogP contribution < -0.4 is 16.2 Å². The monoisotopic (exact) mass is 237 g/mol. The van der Waals surface area contributed by atoms with Crippen molar-refractivity contribution in [2.45, 2.75) is 19.5 Å². The molecule has 90 valence electrons. The molecule has 0 radical (unpaired) electrons. The third kappa shape index (κ3) is 2.74. The van der Waals surface area contributed by atoms with Crippen LogP contribution in [0.25, 0.3) is 0 Å². The third-order valence-electron chi connectivity index (χ3n) is 1.85. The maximum atomic E-state index is 12.1. The fourth-order valence-corrected chi connectivity index (χ4v) is 1.17. The van der Waals surface area contributed by atoms with Crippen molar-refractivity contribution in [3.05, 3.63) is 17.3 Å². The fraction of sp³-hybridized carbons (Fsp3) is 0.375. The van der Waals surface area contributed by atoms with Gasteiger partial charge in [0.2, 0.25) is 0 Å². The zero-order valence-corrected chi connectivity index (χ0v) is 8.08. The van der Waals surface area contributed by atoms with Gasteiger partial charge >= 0.3 is 6.36 Å². The molecule has 0 spiro atoms. The van der Waals surface area contributed by atoms with Crippen LogP contribution >= 0.6 is 0 Å². The van der Waals surface area contributed by atoms with E-state index in [4.69, 9.17) is 16.6 Å². The summed E-state index contributed by atoms with van der Waals surface area (Å²) in [6.07, 6.45) is -3.73. The Balaban J connectivity index is 3.23. The standard InChI is InChI=1S/C8H10F3N3O2/c9-8(10,11)16-6-5(1-12)4(3-15)2-14-7(6)13/h2,15H,1,3,12H2,(H2,13,14). The molecule has 0 saturated heterocycles. The first-order valence-corrected chi connectivity index (χ1v) is 4.22. The molecule has 8 heteroatoms. The van der Waals surface area contributed by atoms with Crippen LogP contribution in [0, 0.1) is 0 Å². The third-order valence-corrected chi connectivity index (χ3v) is 1.85. The number of aliphatic hydroxyl groups is 1. The van der Waals surface area contributed by atoms with Crippen LogP contribution in [-0.4, -0.2) is 16.5 Å². The SMILES string of the molecule is NCc1c(CO)cnc(N)c1OC(F)(F)F. The number of rotatable bonds is 3. The first-order chi connectivity index (χ1) is 7.39. The van der Waals surface area contributed by atoms with E-state index in [1.807, 2.05) is 0 Å². The van der Waals surface area contributed by atoms with Gasteiger partial charge in [0.15, 0.2) is 11.6 Å². The van der Waals surface area contributed by atoms with Gasteiger partial charge in [0.05, 0.1) is 6.61 Å². The van der Waals surface area contributed by atoms with Crippen LogP contribution in [0.15, 0.2) is 6.20 Å². The van der Waals surface area contributed by atoms with Gasteiger partial charge < -0.3 is 21.3 Å². The normalized spacial score (nSPS) is 11.6. The van der Waals surface area contributed by atoms with Gasteiger partial charge in [-0.2, -0.15) is 0 Å². The van der Waals surface area contributed by atoms with Crippen molar-refractivity contribution < 1.29 is 23.0 Å². The number of nitrogen functional groups attached to an aromatic ring is 1. The molecule has 1 aromatic heterocycles. The summed E-state index contributed by atoms with van der Waals surface area (Å²) in [5, 5.41) is 8.89. The summed E-state index contributed by atoms with van der Waals surface area (Å²) in [5.74, 6) is -1.07. The highest BCUT2D eigenvalue weighted by molar-refractivity contribution is 5.53. The molecule has 0 amide bonds. The zero-order valence-electron chi connectivity index (χ0n) is 8.08. The molecule has 16 heavy (non-hydrogen) atoms. The molecule has 0 aromatic carbocycles. The molecule has 0 aliphatic carbocycles. The summed E-state index contributed by atoms with van der Waals surface area (Å²) in [5.41, 5.74) is 10.7. The van der Waals surface area contributed by atoms with Crippen LogP contribution in [-0.2, 0) is 13.2 Å². The quantitative estimate of drug-likeness (QED) is 0.712. The Morgan fingerprint density at radius 3 is 2.50 bits per heavy atom. The number of alkyl halides is 3. The smallest absolute Gasteiger partial charge is 0.401 e. The summed E-state index contributed by atoms with van der Waals surface area (Å²) >= 11 is 0. The molecular weight excluding hydrogens is 227 g/mol. The fourth-order valence-electron chi connectivity index (χ4n) is 1.17. The molecule has 5 N–H and O–H groups in total. The number of aliphatic hydroxyl groups excluding tert-OH is 1. The van der Waals surface area contributed by atoms with Crippen molar-refractivity contribution in [1.82, 2.24) is 4.98 Å². The number of anilines is 1. The molecular formula is C8H10F3N3O2. The minimum atomic E-state index is -4.88. The highest BCUT2D eigenvalue weighted by Gasteiger charge is 2.33. The second kappa shape index (κ2) is 4.54. The number of hydrogen-bond acceptors (Lipinski definition) is 5. The Hall–Kier alpha value is -1.54. The van der Waals surface area contributed by atoms with Gasteiger partial charge in [-0.1, -0.05) is 0 Å². The van der Waals surface area contributed by atoms with E-state index in [2.05, 4.69) is 9.72 Å². The molecule has 1 aromatic rings. The first-order valence-electron chi connectivity index (χ1n) is 4.22. The molecule has 5 nitrogen and oxygen atoms in total. The molecule has 0 unspecified atom stereocenters. The Bertz CT molecular complexity index is 382. The van der Waals surface area contributed by atoms with Gasteiger partial charge in [0.1, 0.15) is 0 Å². The van der Waals surface area contributed by atoms with Gasteiger partial charge in [-0.05, 0) is 0 Å². The lowest BCUT2D eigenvalue weighted by Crippen LogP contribution is -2.21. The number of hydrogen-bond donors (Lipinski definition) is 3. The number of nitrogens with two attached hydrogens (primary N) is 2. The van der Waals surface area contributed by atoms with Gasteiger partial charge in [0, 0.05) is 23.9 Å². The van der Waals surface area contributed by atoms with Gasteiger partial charge in [-0.25, -0.2) is 4.98 Å². The highest BCUT2D eigenvalue weighted by Crippen LogP contribution is 2.32. The van der Waals surface area contributed by atoms with Crippen molar-refractivity contribution in [3.8, 4) is 5.75 Å². The number of ether oxygens (including phenoxy) is 1. The van der Waals surface area contributed by atoms with Crippen molar-refractivity contribution in [1.29, 1.82) is 0 Å². The molecule has 0 fully saturated rings. The Morgan fingerprint density at radius 1 is 1.44 bits per heavy atom. The number of pyridine rings is 1. The summed E-state index contributed by atoms with van der Waals surface area (Å²) in [6.45, 7) is -0.734. The second-order valence-corrected chi connectivity index (χ2v) is 2.89. The predicted octanol–water partition coefficient (Wildman–Crippen LogP) is 0.513. The van der Waals surface area contributed by atoms with Gasteiger partial charge in [-0.3, -0.25) is 0 Å². The van der Waals surface area contributed by atoms with Crippen LogP contribution in [0.2, 0.25) is 0 Å². The van der Waals surface area contributed by atoms with Crippen LogP contribution in [0.1, 0.15) is 11.1 Å². The molecule has 0 aliphatic heterocycles. The molecule has 0 bridgehead atoms. The first kappa shape index (κ1) is 12.5. The lowest BCUT2D eigenvalue weighted by Gasteiger charge is -2.15. The molecule has 1 rings (SSSR count). The Labute approximate surface area is 88.8 Å². The average molecular weight is 237 g/mol. The lowest BCUT2D eigenvalue weighted by molar-refractivity contribution is -0.274. The lowest BCUT2D eigenvalue weighted by atomic mass is 10.1. The van der Waals surface area contributed by atoms with Crippen molar-refractivity contribution >= 4 is 5.82 Å². The van der Waals surface area contributed by atoms with Gasteiger partial charge in [-0.15, -0.1) is 13.2 Å². The maximum Gasteiger partial charge on any atom is 0.573 e. The van der Waals surface area contributed by atoms with E-state index >= 15 is 0 Å². The van der Waals surface area contributed by atoms with E-state index in [9.17, 15) is 13.2 Å². The summed E-state index contributed by atoms with van der Waals surface area (Å²) in [6, 6.07) is 0. The Kier molecular flexibility index (Phi) is 3.55. The van der Waals surface area contributed by atoms with Crippen molar-refractivity contribution in [2.75, 3.05) is 5.73 Å². The Morgan fingerprint density at radius 2 is 2.06 bits per heavy atom. The molecule has 0 saturated carbocycles. The predicted molar refractivity (Wildman–Crippen MR) is 49.1 cm³/mol. The van der Waals surface area contributed by atoms with E-state index in [0.29, 0.717) is 0 Å². The maximum absolute atomic E-state index is 12.1. The van der Waals surface area contributed by atoms with Crippen LogP contribution in [0.5, 0.6) is 5.75 Å². The number of halogens is 3. The van der Waals surface area contributed by atoms with E-state index in [0.717, 1.165) is 6.20 Å².